The van der Waals surface area contributed by atoms with Gasteiger partial charge in [0.2, 0.25) is 5.91 Å². The number of halogens is 2. The molecule has 1 unspecified atom stereocenters. The second-order valence-corrected chi connectivity index (χ2v) is 6.67. The fourth-order valence-corrected chi connectivity index (χ4v) is 3.42. The number of ether oxygens (including phenoxy) is 1. The number of hydrogen-bond donors (Lipinski definition) is 1. The number of nitrogens with zero attached hydrogens (tertiary/aromatic N) is 1. The molecule has 1 N–H and O–H groups in total. The van der Waals surface area contributed by atoms with Crippen molar-refractivity contribution in [1.29, 1.82) is 0 Å². The summed E-state index contributed by atoms with van der Waals surface area (Å²) in [6.45, 7) is 3.35. The molecule has 0 aliphatic carbocycles. The number of benzene rings is 1. The number of carbonyl (C=O) groups is 1. The van der Waals surface area contributed by atoms with E-state index in [0.717, 1.165) is 32.0 Å². The van der Waals surface area contributed by atoms with E-state index in [1.165, 1.54) is 12.1 Å². The molecule has 24 heavy (non-hydrogen) atoms. The van der Waals surface area contributed by atoms with E-state index in [-0.39, 0.29) is 17.8 Å². The fourth-order valence-electron chi connectivity index (χ4n) is 3.42. The Morgan fingerprint density at radius 2 is 2.04 bits per heavy atom. The summed E-state index contributed by atoms with van der Waals surface area (Å²) in [6, 6.07) is 3.33. The average molecular weight is 338 g/mol. The lowest BCUT2D eigenvalue weighted by atomic mass is 10.0. The smallest absolute Gasteiger partial charge is 0.222 e. The zero-order valence-electron chi connectivity index (χ0n) is 13.8. The third-order valence-corrected chi connectivity index (χ3v) is 4.91. The van der Waals surface area contributed by atoms with E-state index < -0.39 is 11.6 Å². The molecule has 6 heteroatoms. The molecule has 1 aromatic rings. The van der Waals surface area contributed by atoms with Gasteiger partial charge in [-0.1, -0.05) is 0 Å². The van der Waals surface area contributed by atoms with E-state index in [4.69, 9.17) is 4.74 Å². The van der Waals surface area contributed by atoms with Gasteiger partial charge in [0.25, 0.3) is 0 Å². The highest BCUT2D eigenvalue weighted by atomic mass is 19.1. The topological polar surface area (TPSA) is 41.6 Å². The summed E-state index contributed by atoms with van der Waals surface area (Å²) < 4.78 is 32.2. The summed E-state index contributed by atoms with van der Waals surface area (Å²) in [6.07, 6.45) is 3.93. The lowest BCUT2D eigenvalue weighted by molar-refractivity contribution is -0.133. The van der Waals surface area contributed by atoms with E-state index >= 15 is 0 Å². The van der Waals surface area contributed by atoms with Crippen LogP contribution < -0.4 is 10.1 Å². The maximum atomic E-state index is 13.6. The van der Waals surface area contributed by atoms with Crippen LogP contribution in [-0.2, 0) is 4.79 Å². The normalized spacial score (nSPS) is 21.9. The molecule has 3 rings (SSSR count). The monoisotopic (exact) mass is 338 g/mol. The van der Waals surface area contributed by atoms with E-state index in [1.54, 1.807) is 0 Å². The number of hydrogen-bond acceptors (Lipinski definition) is 3. The zero-order valence-corrected chi connectivity index (χ0v) is 13.8. The molecule has 0 spiro atoms. The zero-order chi connectivity index (χ0) is 16.9. The first-order valence-electron chi connectivity index (χ1n) is 8.72. The minimum atomic E-state index is -0.682. The van der Waals surface area contributed by atoms with E-state index in [0.29, 0.717) is 38.3 Å². The highest BCUT2D eigenvalue weighted by molar-refractivity contribution is 5.76. The van der Waals surface area contributed by atoms with Crippen molar-refractivity contribution in [3.8, 4) is 5.75 Å². The molecule has 2 heterocycles. The van der Waals surface area contributed by atoms with Crippen molar-refractivity contribution in [2.45, 2.75) is 38.2 Å². The minimum Gasteiger partial charge on any atom is -0.487 e. The Balaban J connectivity index is 1.42. The van der Waals surface area contributed by atoms with E-state index in [2.05, 4.69) is 5.32 Å². The SMILES string of the molecule is O=C(CCC1CCNC1)N1CCC(Oc2ccc(F)cc2F)CC1. The van der Waals surface area contributed by atoms with Gasteiger partial charge in [-0.25, -0.2) is 8.78 Å². The molecule has 0 bridgehead atoms. The summed E-state index contributed by atoms with van der Waals surface area (Å²) in [5.41, 5.74) is 0. The lowest BCUT2D eigenvalue weighted by Crippen LogP contribution is -2.41. The molecular formula is C18H24F2N2O2. The third kappa shape index (κ3) is 4.44. The largest absolute Gasteiger partial charge is 0.487 e. The van der Waals surface area contributed by atoms with Gasteiger partial charge in [0.15, 0.2) is 11.6 Å². The van der Waals surface area contributed by atoms with Crippen LogP contribution in [0.25, 0.3) is 0 Å². The van der Waals surface area contributed by atoms with Crippen molar-refractivity contribution in [3.63, 3.8) is 0 Å². The standard InChI is InChI=1S/C18H24F2N2O2/c19-14-2-3-17(16(20)11-14)24-15-6-9-22(10-7-15)18(23)4-1-13-5-8-21-12-13/h2-3,11,13,15,21H,1,4-10,12H2. The Hall–Kier alpha value is -1.69. The predicted octanol–water partition coefficient (Wildman–Crippen LogP) is 2.72. The summed E-state index contributed by atoms with van der Waals surface area (Å²) >= 11 is 0. The highest BCUT2D eigenvalue weighted by Gasteiger charge is 2.25. The Bertz CT molecular complexity index is 568. The van der Waals surface area contributed by atoms with Crippen molar-refractivity contribution in [2.24, 2.45) is 5.92 Å². The van der Waals surface area contributed by atoms with Crippen molar-refractivity contribution < 1.29 is 18.3 Å². The third-order valence-electron chi connectivity index (χ3n) is 4.91. The van der Waals surface area contributed by atoms with Crippen LogP contribution in [0.15, 0.2) is 18.2 Å². The van der Waals surface area contributed by atoms with Gasteiger partial charge in [0.05, 0.1) is 0 Å². The Morgan fingerprint density at radius 3 is 2.71 bits per heavy atom. The molecule has 0 aromatic heterocycles. The Morgan fingerprint density at radius 1 is 1.25 bits per heavy atom. The molecule has 2 aliphatic heterocycles. The van der Waals surface area contributed by atoms with Crippen LogP contribution in [-0.4, -0.2) is 43.1 Å². The molecule has 4 nitrogen and oxygen atoms in total. The number of rotatable bonds is 5. The molecule has 0 radical (unpaired) electrons. The average Bonchev–Trinajstić information content (AvgIpc) is 3.09. The quantitative estimate of drug-likeness (QED) is 0.898. The fraction of sp³-hybridized carbons (Fsp3) is 0.611. The van der Waals surface area contributed by atoms with Crippen LogP contribution in [0.3, 0.4) is 0 Å². The molecule has 1 atom stereocenters. The number of carbonyl (C=O) groups excluding carboxylic acids is 1. The van der Waals surface area contributed by atoms with Gasteiger partial charge in [-0.05, 0) is 44.0 Å². The van der Waals surface area contributed by atoms with Gasteiger partial charge in [-0.15, -0.1) is 0 Å². The Labute approximate surface area is 141 Å². The number of nitrogens with one attached hydrogen (secondary N) is 1. The van der Waals surface area contributed by atoms with E-state index in [1.807, 2.05) is 4.90 Å². The van der Waals surface area contributed by atoms with Crippen molar-refractivity contribution >= 4 is 5.91 Å². The van der Waals surface area contributed by atoms with Crippen LogP contribution >= 0.6 is 0 Å². The maximum Gasteiger partial charge on any atom is 0.222 e. The van der Waals surface area contributed by atoms with Crippen LogP contribution in [0.2, 0.25) is 0 Å². The highest BCUT2D eigenvalue weighted by Crippen LogP contribution is 2.23. The predicted molar refractivity (Wildman–Crippen MR) is 86.8 cm³/mol. The van der Waals surface area contributed by atoms with Crippen molar-refractivity contribution in [3.05, 3.63) is 29.8 Å². The van der Waals surface area contributed by atoms with Crippen LogP contribution in [0.4, 0.5) is 8.78 Å². The number of piperidine rings is 1. The second-order valence-electron chi connectivity index (χ2n) is 6.67. The van der Waals surface area contributed by atoms with Crippen LogP contribution in [0.5, 0.6) is 5.75 Å². The van der Waals surface area contributed by atoms with Gasteiger partial charge in [0.1, 0.15) is 11.9 Å². The van der Waals surface area contributed by atoms with Gasteiger partial charge in [-0.3, -0.25) is 4.79 Å². The molecule has 132 valence electrons. The van der Waals surface area contributed by atoms with Crippen LogP contribution in [0, 0.1) is 17.6 Å². The molecule has 2 aliphatic rings. The maximum absolute atomic E-state index is 13.6. The molecular weight excluding hydrogens is 314 g/mol. The van der Waals surface area contributed by atoms with Gasteiger partial charge < -0.3 is 15.0 Å². The second kappa shape index (κ2) is 7.92. The summed E-state index contributed by atoms with van der Waals surface area (Å²) in [5.74, 6) is -0.393. The molecule has 1 amide bonds. The first kappa shape index (κ1) is 17.1. The lowest BCUT2D eigenvalue weighted by Gasteiger charge is -2.32. The summed E-state index contributed by atoms with van der Waals surface area (Å²) in [4.78, 5) is 14.2. The van der Waals surface area contributed by atoms with Gasteiger partial charge in [-0.2, -0.15) is 0 Å². The molecule has 1 aromatic carbocycles. The minimum absolute atomic E-state index is 0.0786. The first-order valence-corrected chi connectivity index (χ1v) is 8.72. The van der Waals surface area contributed by atoms with Crippen molar-refractivity contribution in [2.75, 3.05) is 26.2 Å². The summed E-state index contributed by atoms with van der Waals surface area (Å²) in [7, 11) is 0. The Kier molecular flexibility index (Phi) is 5.66. The molecule has 0 saturated carbocycles. The van der Waals surface area contributed by atoms with E-state index in [9.17, 15) is 13.6 Å². The van der Waals surface area contributed by atoms with Crippen LogP contribution in [0.1, 0.15) is 32.1 Å². The number of likely N-dealkylation sites (tertiary alicyclic amines) is 1. The first-order chi connectivity index (χ1) is 11.6. The molecule has 2 fully saturated rings. The van der Waals surface area contributed by atoms with Gasteiger partial charge >= 0.3 is 0 Å². The van der Waals surface area contributed by atoms with Crippen molar-refractivity contribution in [1.82, 2.24) is 10.2 Å². The van der Waals surface area contributed by atoms with Gasteiger partial charge in [0, 0.05) is 38.4 Å². The molecule has 2 saturated heterocycles. The summed E-state index contributed by atoms with van der Waals surface area (Å²) in [5, 5.41) is 3.32. The number of amides is 1.